The minimum atomic E-state index is 0.390. The van der Waals surface area contributed by atoms with Crippen molar-refractivity contribution in [3.05, 3.63) is 24.8 Å². The summed E-state index contributed by atoms with van der Waals surface area (Å²) in [6, 6.07) is 0. The lowest BCUT2D eigenvalue weighted by Gasteiger charge is -2.30. The van der Waals surface area contributed by atoms with Crippen LogP contribution in [0, 0.1) is 11.3 Å². The number of allylic oxidation sites excluding steroid dienone is 3. The Balaban J connectivity index is 4.22. The van der Waals surface area contributed by atoms with Crippen LogP contribution in [0.25, 0.3) is 0 Å². The summed E-state index contributed by atoms with van der Waals surface area (Å²) >= 11 is 0. The zero-order chi connectivity index (χ0) is 9.61. The molecule has 0 rings (SSSR count). The molecule has 70 valence electrons. The average Bonchev–Trinajstić information content (AvgIpc) is 2.05. The van der Waals surface area contributed by atoms with Crippen LogP contribution in [0.2, 0.25) is 0 Å². The molecule has 0 nitrogen and oxygen atoms in total. The molecular weight excluding hydrogens is 144 g/mol. The fraction of sp³-hybridized carbons (Fsp3) is 0.667. The van der Waals surface area contributed by atoms with Gasteiger partial charge in [-0.2, -0.15) is 0 Å². The van der Waals surface area contributed by atoms with Crippen LogP contribution in [0.1, 0.15) is 40.5 Å². The van der Waals surface area contributed by atoms with Crippen LogP contribution in [-0.4, -0.2) is 0 Å². The van der Waals surface area contributed by atoms with E-state index in [1.54, 1.807) is 0 Å². The summed E-state index contributed by atoms with van der Waals surface area (Å²) < 4.78 is 0. The van der Waals surface area contributed by atoms with Gasteiger partial charge in [0.05, 0.1) is 0 Å². The summed E-state index contributed by atoms with van der Waals surface area (Å²) in [5, 5.41) is 0. The van der Waals surface area contributed by atoms with Crippen molar-refractivity contribution >= 4 is 0 Å². The molecule has 0 N–H and O–H groups in total. The molecule has 0 aliphatic heterocycles. The van der Waals surface area contributed by atoms with Crippen molar-refractivity contribution in [2.75, 3.05) is 0 Å². The highest BCUT2D eigenvalue weighted by molar-refractivity contribution is 4.94. The molecule has 0 heteroatoms. The Morgan fingerprint density at radius 1 is 1.42 bits per heavy atom. The first-order valence-electron chi connectivity index (χ1n) is 4.82. The molecule has 0 saturated heterocycles. The van der Waals surface area contributed by atoms with Gasteiger partial charge >= 0.3 is 0 Å². The van der Waals surface area contributed by atoms with Crippen LogP contribution in [0.5, 0.6) is 0 Å². The molecule has 1 unspecified atom stereocenters. The van der Waals surface area contributed by atoms with Gasteiger partial charge < -0.3 is 0 Å². The van der Waals surface area contributed by atoms with Crippen LogP contribution >= 0.6 is 0 Å². The molecule has 0 aliphatic carbocycles. The maximum atomic E-state index is 3.89. The average molecular weight is 166 g/mol. The molecule has 0 amide bonds. The third kappa shape index (κ3) is 3.25. The highest BCUT2D eigenvalue weighted by atomic mass is 14.3. The maximum Gasteiger partial charge on any atom is -0.0150 e. The van der Waals surface area contributed by atoms with Gasteiger partial charge in [0.2, 0.25) is 0 Å². The Morgan fingerprint density at radius 3 is 2.33 bits per heavy atom. The first-order chi connectivity index (χ1) is 5.58. The fourth-order valence-electron chi connectivity index (χ4n) is 1.28. The largest absolute Gasteiger partial charge is 0.103 e. The van der Waals surface area contributed by atoms with Gasteiger partial charge in [0.15, 0.2) is 0 Å². The Bertz CT molecular complexity index is 151. The van der Waals surface area contributed by atoms with Crippen LogP contribution in [0.3, 0.4) is 0 Å². The summed E-state index contributed by atoms with van der Waals surface area (Å²) in [6.45, 7) is 12.8. The molecule has 0 aromatic carbocycles. The quantitative estimate of drug-likeness (QED) is 0.537. The number of hydrogen-bond acceptors (Lipinski definition) is 0. The first-order valence-corrected chi connectivity index (χ1v) is 4.82. The van der Waals surface area contributed by atoms with E-state index in [0.29, 0.717) is 11.3 Å². The summed E-state index contributed by atoms with van der Waals surface area (Å²) in [6.07, 6.45) is 8.76. The molecule has 0 bridgehead atoms. The monoisotopic (exact) mass is 166 g/mol. The summed E-state index contributed by atoms with van der Waals surface area (Å²) in [5.74, 6) is 0.610. The van der Waals surface area contributed by atoms with E-state index in [4.69, 9.17) is 0 Å². The van der Waals surface area contributed by atoms with Crippen LogP contribution in [0.15, 0.2) is 24.8 Å². The van der Waals surface area contributed by atoms with E-state index in [2.05, 4.69) is 52.5 Å². The van der Waals surface area contributed by atoms with Gasteiger partial charge in [0.1, 0.15) is 0 Å². The third-order valence-corrected chi connectivity index (χ3v) is 2.83. The second-order valence-electron chi connectivity index (χ2n) is 3.99. The van der Waals surface area contributed by atoms with Gasteiger partial charge in [0.25, 0.3) is 0 Å². The zero-order valence-electron chi connectivity index (χ0n) is 8.93. The van der Waals surface area contributed by atoms with Gasteiger partial charge in [-0.25, -0.2) is 0 Å². The van der Waals surface area contributed by atoms with Crippen molar-refractivity contribution in [1.82, 2.24) is 0 Å². The van der Waals surface area contributed by atoms with Crippen LogP contribution in [0.4, 0.5) is 0 Å². The minimum Gasteiger partial charge on any atom is -0.103 e. The summed E-state index contributed by atoms with van der Waals surface area (Å²) in [4.78, 5) is 0. The van der Waals surface area contributed by atoms with Crippen LogP contribution in [-0.2, 0) is 0 Å². The van der Waals surface area contributed by atoms with E-state index in [-0.39, 0.29) is 0 Å². The van der Waals surface area contributed by atoms with Crippen molar-refractivity contribution in [3.8, 4) is 0 Å². The lowest BCUT2D eigenvalue weighted by atomic mass is 9.75. The van der Waals surface area contributed by atoms with Crippen molar-refractivity contribution < 1.29 is 0 Å². The van der Waals surface area contributed by atoms with E-state index >= 15 is 0 Å². The minimum absolute atomic E-state index is 0.390. The van der Waals surface area contributed by atoms with Gasteiger partial charge in [-0.05, 0) is 24.7 Å². The van der Waals surface area contributed by atoms with Gasteiger partial charge in [0, 0.05) is 0 Å². The van der Waals surface area contributed by atoms with E-state index in [0.717, 1.165) is 6.42 Å². The molecule has 0 aromatic rings. The Morgan fingerprint density at radius 2 is 2.00 bits per heavy atom. The molecule has 12 heavy (non-hydrogen) atoms. The Hall–Kier alpha value is -0.520. The zero-order valence-corrected chi connectivity index (χ0v) is 8.93. The molecule has 0 fully saturated rings. The highest BCUT2D eigenvalue weighted by Gasteiger charge is 2.23. The second-order valence-corrected chi connectivity index (χ2v) is 3.99. The van der Waals surface area contributed by atoms with Gasteiger partial charge in [-0.15, -0.1) is 6.58 Å². The lowest BCUT2D eigenvalue weighted by molar-refractivity contribution is 0.251. The highest BCUT2D eigenvalue weighted by Crippen LogP contribution is 2.33. The maximum absolute atomic E-state index is 3.89. The predicted octanol–water partition coefficient (Wildman–Crippen LogP) is 4.19. The van der Waals surface area contributed by atoms with Crippen molar-refractivity contribution in [2.45, 2.75) is 40.5 Å². The van der Waals surface area contributed by atoms with Gasteiger partial charge in [-0.1, -0.05) is 45.4 Å². The van der Waals surface area contributed by atoms with E-state index in [1.807, 2.05) is 0 Å². The molecule has 0 radical (unpaired) electrons. The second kappa shape index (κ2) is 5.18. The van der Waals surface area contributed by atoms with Crippen molar-refractivity contribution in [3.63, 3.8) is 0 Å². The summed E-state index contributed by atoms with van der Waals surface area (Å²) in [5.41, 5.74) is 0.390. The molecule has 0 spiro atoms. The molecule has 0 heterocycles. The smallest absolute Gasteiger partial charge is 0.0150 e. The number of hydrogen-bond donors (Lipinski definition) is 0. The molecular formula is C12H22. The summed E-state index contributed by atoms with van der Waals surface area (Å²) in [7, 11) is 0. The molecule has 1 atom stereocenters. The Kier molecular flexibility index (Phi) is 4.96. The standard InChI is InChI=1S/C12H22/c1-6-9-10-11(7-2)12(4,5)8-3/h6-7,9,11H,2,8,10H2,1,3-5H3. The van der Waals surface area contributed by atoms with E-state index < -0.39 is 0 Å². The number of rotatable bonds is 5. The SMILES string of the molecule is C=CC(CC=CC)C(C)(C)CC. The Labute approximate surface area is 77.4 Å². The van der Waals surface area contributed by atoms with E-state index in [9.17, 15) is 0 Å². The topological polar surface area (TPSA) is 0 Å². The molecule has 0 aromatic heterocycles. The molecule has 0 aliphatic rings. The fourth-order valence-corrected chi connectivity index (χ4v) is 1.28. The first kappa shape index (κ1) is 11.5. The molecule has 0 saturated carbocycles. The predicted molar refractivity (Wildman–Crippen MR) is 57.2 cm³/mol. The normalized spacial score (nSPS) is 15.0. The van der Waals surface area contributed by atoms with Crippen molar-refractivity contribution in [2.24, 2.45) is 11.3 Å². The lowest BCUT2D eigenvalue weighted by Crippen LogP contribution is -2.20. The van der Waals surface area contributed by atoms with Crippen molar-refractivity contribution in [1.29, 1.82) is 0 Å². The van der Waals surface area contributed by atoms with Crippen LogP contribution < -0.4 is 0 Å². The van der Waals surface area contributed by atoms with E-state index in [1.165, 1.54) is 6.42 Å². The third-order valence-electron chi connectivity index (χ3n) is 2.83. The van der Waals surface area contributed by atoms with Gasteiger partial charge in [-0.3, -0.25) is 0 Å².